The van der Waals surface area contributed by atoms with Crippen LogP contribution in [0, 0.1) is 20.2 Å². The Labute approximate surface area is 338 Å². The van der Waals surface area contributed by atoms with Gasteiger partial charge in [0.15, 0.2) is 23.3 Å². The molecule has 6 rings (SSSR count). The highest BCUT2D eigenvalue weighted by Gasteiger charge is 2.71. The number of anilines is 1. The summed E-state index contributed by atoms with van der Waals surface area (Å²) in [5, 5.41) is 49.1. The van der Waals surface area contributed by atoms with Crippen LogP contribution in [0.25, 0.3) is 0 Å². The highest BCUT2D eigenvalue weighted by atomic mass is 16.7. The van der Waals surface area contributed by atoms with E-state index in [2.05, 4.69) is 4.98 Å². The predicted octanol–water partition coefficient (Wildman–Crippen LogP) is 5.20. The highest BCUT2D eigenvalue weighted by Crippen LogP contribution is 2.60. The number of hydrogen-bond acceptors (Lipinski definition) is 13. The van der Waals surface area contributed by atoms with Gasteiger partial charge in [0.25, 0.3) is 11.2 Å². The number of aliphatic hydroxyl groups excluding tert-OH is 2. The Bertz CT molecular complexity index is 2330. The molecule has 1 aliphatic rings. The zero-order valence-electron chi connectivity index (χ0n) is 32.6. The molecular weight excluding hydrogens is 766 g/mol. The quantitative estimate of drug-likeness (QED) is 0.0449. The summed E-state index contributed by atoms with van der Waals surface area (Å²) in [5.74, 6) is 0.463. The van der Waals surface area contributed by atoms with Crippen molar-refractivity contribution < 1.29 is 39.1 Å². The molecule has 17 heteroatoms. The topological polar surface area (TPSA) is 222 Å². The van der Waals surface area contributed by atoms with Gasteiger partial charge < -0.3 is 24.4 Å². The van der Waals surface area contributed by atoms with Crippen molar-refractivity contribution in [3.63, 3.8) is 0 Å². The van der Waals surface area contributed by atoms with Crippen LogP contribution in [0.15, 0.2) is 119 Å². The number of ether oxygens (including phenoxy) is 3. The lowest BCUT2D eigenvalue weighted by molar-refractivity contribution is -0.393. The van der Waals surface area contributed by atoms with E-state index in [0.717, 1.165) is 35.6 Å². The van der Waals surface area contributed by atoms with Gasteiger partial charge in [0.1, 0.15) is 23.3 Å². The van der Waals surface area contributed by atoms with Crippen LogP contribution in [0.1, 0.15) is 49.3 Å². The SMILES string of the molecule is CCCCCCN(O[C@@H]1[C@H](O)[C@@H](CO)O[C@]1(n1ccc(=O)[nH]c1=O)C(c1ccccc1)(c1ccccc1)c1cccc(OC)c1OC)c1ccc([N+](=O)[O-])cc1[N+](=O)[O-]. The summed E-state index contributed by atoms with van der Waals surface area (Å²) in [4.78, 5) is 59.5. The Morgan fingerprint density at radius 3 is 2.12 bits per heavy atom. The summed E-state index contributed by atoms with van der Waals surface area (Å²) in [5.41, 5.74) is -6.18. The number of nitrogens with zero attached hydrogens (tertiary/aromatic N) is 4. The van der Waals surface area contributed by atoms with Crippen LogP contribution >= 0.6 is 0 Å². The van der Waals surface area contributed by atoms with Crippen LogP contribution in [0.4, 0.5) is 17.1 Å². The van der Waals surface area contributed by atoms with Crippen LogP contribution in [0.5, 0.6) is 11.5 Å². The van der Waals surface area contributed by atoms with Gasteiger partial charge in [0, 0.05) is 30.4 Å². The summed E-state index contributed by atoms with van der Waals surface area (Å²) in [7, 11) is 2.88. The molecule has 3 N–H and O–H groups in total. The van der Waals surface area contributed by atoms with E-state index in [9.17, 15) is 40.0 Å². The first-order valence-electron chi connectivity index (χ1n) is 19.0. The Kier molecular flexibility index (Phi) is 12.9. The number of nitro groups is 2. The average Bonchev–Trinajstić information content (AvgIpc) is 3.53. The van der Waals surface area contributed by atoms with E-state index in [1.54, 1.807) is 78.9 Å². The molecule has 17 nitrogen and oxygen atoms in total. The second-order valence-corrected chi connectivity index (χ2v) is 13.9. The van der Waals surface area contributed by atoms with E-state index in [-0.39, 0.29) is 23.7 Å². The maximum absolute atomic E-state index is 14.5. The van der Waals surface area contributed by atoms with Gasteiger partial charge in [-0.25, -0.2) is 9.86 Å². The van der Waals surface area contributed by atoms with Crippen LogP contribution < -0.4 is 25.8 Å². The molecular formula is C42H45N5O12. The molecule has 2 heterocycles. The molecule has 310 valence electrons. The minimum Gasteiger partial charge on any atom is -0.493 e. The third-order valence-corrected chi connectivity index (χ3v) is 10.6. The van der Waals surface area contributed by atoms with Crippen molar-refractivity contribution in [3.8, 4) is 11.5 Å². The standard InChI is InChI=1S/C42H45N5O12/c1-4-5-6-13-24-45(32-22-21-30(46(52)53)26-33(32)47(54)55)59-39-37(50)35(27-48)58-42(39,44-25-23-36(49)43-40(44)51)41(28-15-9-7-10-16-28,29-17-11-8-12-18-29)31-19-14-20-34(56-2)38(31)57-3/h7-12,14-23,25-26,35,37,39,48,50H,4-6,13,24,27H2,1-3H3,(H,43,49,51)/t35-,37-,39-,42+/m1/s1. The van der Waals surface area contributed by atoms with E-state index in [0.29, 0.717) is 29.5 Å². The molecule has 4 aromatic carbocycles. The third kappa shape index (κ3) is 7.56. The van der Waals surface area contributed by atoms with Gasteiger partial charge >= 0.3 is 11.4 Å². The summed E-state index contributed by atoms with van der Waals surface area (Å²) in [6.45, 7) is 1.17. The second-order valence-electron chi connectivity index (χ2n) is 13.9. The molecule has 1 aliphatic heterocycles. The van der Waals surface area contributed by atoms with Crippen molar-refractivity contribution in [3.05, 3.63) is 167 Å². The van der Waals surface area contributed by atoms with Crippen LogP contribution in [-0.2, 0) is 20.7 Å². The lowest BCUT2D eigenvalue weighted by atomic mass is 9.60. The number of para-hydroxylation sites is 1. The summed E-state index contributed by atoms with van der Waals surface area (Å²) in [6, 6.07) is 27.0. The second kappa shape index (κ2) is 18.0. The molecule has 1 saturated heterocycles. The number of hydroxylamine groups is 1. The lowest BCUT2D eigenvalue weighted by Gasteiger charge is -2.52. The van der Waals surface area contributed by atoms with E-state index < -0.39 is 68.5 Å². The molecule has 0 amide bonds. The number of hydrogen-bond donors (Lipinski definition) is 3. The largest absolute Gasteiger partial charge is 0.493 e. The predicted molar refractivity (Wildman–Crippen MR) is 216 cm³/mol. The number of rotatable bonds is 18. The highest BCUT2D eigenvalue weighted by molar-refractivity contribution is 5.66. The van der Waals surface area contributed by atoms with Crippen molar-refractivity contribution in [1.82, 2.24) is 9.55 Å². The van der Waals surface area contributed by atoms with Crippen LogP contribution in [-0.4, -0.2) is 75.3 Å². The smallest absolute Gasteiger partial charge is 0.330 e. The minimum atomic E-state index is -2.39. The van der Waals surface area contributed by atoms with Gasteiger partial charge in [-0.2, -0.15) is 0 Å². The van der Waals surface area contributed by atoms with Crippen molar-refractivity contribution in [1.29, 1.82) is 0 Å². The van der Waals surface area contributed by atoms with E-state index in [1.807, 2.05) is 6.92 Å². The summed E-state index contributed by atoms with van der Waals surface area (Å²) in [6.07, 6.45) is -1.17. The number of non-ortho nitro benzene ring substituents is 1. The molecule has 1 fully saturated rings. The molecule has 1 aromatic heterocycles. The first-order chi connectivity index (χ1) is 28.5. The third-order valence-electron chi connectivity index (χ3n) is 10.6. The fraction of sp³-hybridized carbons (Fsp3) is 0.333. The maximum atomic E-state index is 14.5. The van der Waals surface area contributed by atoms with Crippen LogP contribution in [0.3, 0.4) is 0 Å². The van der Waals surface area contributed by atoms with E-state index in [4.69, 9.17) is 19.0 Å². The van der Waals surface area contributed by atoms with Gasteiger partial charge in [0.2, 0.25) is 0 Å². The molecule has 0 unspecified atom stereocenters. The Morgan fingerprint density at radius 1 is 0.881 bits per heavy atom. The Hall–Kier alpha value is -6.40. The molecule has 0 saturated carbocycles. The summed E-state index contributed by atoms with van der Waals surface area (Å²) >= 11 is 0. The lowest BCUT2D eigenvalue weighted by Crippen LogP contribution is -2.65. The molecule has 0 spiro atoms. The van der Waals surface area contributed by atoms with Crippen molar-refractivity contribution in [2.45, 2.75) is 62.1 Å². The Balaban J connectivity index is 1.80. The van der Waals surface area contributed by atoms with Crippen LogP contribution in [0.2, 0.25) is 0 Å². The van der Waals surface area contributed by atoms with E-state index >= 15 is 0 Å². The Morgan fingerprint density at radius 2 is 1.56 bits per heavy atom. The van der Waals surface area contributed by atoms with Gasteiger partial charge in [-0.05, 0) is 29.7 Å². The molecule has 0 aliphatic carbocycles. The number of aromatic amines is 1. The zero-order chi connectivity index (χ0) is 42.3. The van der Waals surface area contributed by atoms with Gasteiger partial charge in [0.05, 0.1) is 36.7 Å². The number of unbranched alkanes of at least 4 members (excludes halogenated alkanes) is 3. The number of aromatic nitrogens is 2. The fourth-order valence-corrected chi connectivity index (χ4v) is 8.10. The van der Waals surface area contributed by atoms with Crippen molar-refractivity contribution in [2.24, 2.45) is 0 Å². The van der Waals surface area contributed by atoms with Crippen molar-refractivity contribution in [2.75, 3.05) is 32.4 Å². The first-order valence-corrected chi connectivity index (χ1v) is 19.0. The van der Waals surface area contributed by atoms with Crippen molar-refractivity contribution >= 4 is 17.1 Å². The molecule has 59 heavy (non-hydrogen) atoms. The molecule has 5 aromatic rings. The zero-order valence-corrected chi connectivity index (χ0v) is 32.6. The number of nitro benzene ring substituents is 2. The molecule has 4 atom stereocenters. The normalized spacial score (nSPS) is 19.0. The first kappa shape index (κ1) is 42.2. The number of nitrogens with one attached hydrogen (secondary N) is 1. The number of aliphatic hydroxyl groups is 2. The minimum absolute atomic E-state index is 0.0333. The average molecular weight is 812 g/mol. The van der Waals surface area contributed by atoms with Gasteiger partial charge in [-0.3, -0.25) is 39.4 Å². The van der Waals surface area contributed by atoms with E-state index in [1.165, 1.54) is 31.5 Å². The van der Waals surface area contributed by atoms with Gasteiger partial charge in [-0.15, -0.1) is 0 Å². The maximum Gasteiger partial charge on any atom is 0.330 e. The number of benzene rings is 4. The monoisotopic (exact) mass is 811 g/mol. The summed E-state index contributed by atoms with van der Waals surface area (Å²) < 4.78 is 20.0. The number of H-pyrrole nitrogens is 1. The molecule has 0 radical (unpaired) electrons. The van der Waals surface area contributed by atoms with Gasteiger partial charge in [-0.1, -0.05) is 99.0 Å². The number of methoxy groups -OCH3 is 2. The fourth-order valence-electron chi connectivity index (χ4n) is 8.10. The molecule has 0 bridgehead atoms.